The van der Waals surface area contributed by atoms with Gasteiger partial charge in [0.1, 0.15) is 0 Å². The third-order valence-electron chi connectivity index (χ3n) is 12.2. The van der Waals surface area contributed by atoms with Gasteiger partial charge >= 0.3 is 0 Å². The predicted octanol–water partition coefficient (Wildman–Crippen LogP) is 12.7. The van der Waals surface area contributed by atoms with Gasteiger partial charge in [0.2, 0.25) is 0 Å². The average molecular weight is 729 g/mol. The summed E-state index contributed by atoms with van der Waals surface area (Å²) < 4.78 is 75.1. The van der Waals surface area contributed by atoms with E-state index in [1.54, 1.807) is 0 Å². The molecule has 0 spiro atoms. The average Bonchev–Trinajstić information content (AvgIpc) is 3.35. The Hall–Kier alpha value is -7.36. The minimum absolute atomic E-state index is 0.238. The molecule has 0 N–H and O–H groups in total. The van der Waals surface area contributed by atoms with Crippen molar-refractivity contribution < 1.29 is 11.0 Å². The van der Waals surface area contributed by atoms with Crippen LogP contribution >= 0.6 is 0 Å². The van der Waals surface area contributed by atoms with Gasteiger partial charge in [-0.2, -0.15) is 0 Å². The lowest BCUT2D eigenvalue weighted by Gasteiger charge is -2.44. The molecule has 262 valence electrons. The number of rotatable bonds is 2. The summed E-state index contributed by atoms with van der Waals surface area (Å²) in [7, 11) is 0. The normalized spacial score (nSPS) is 15.1. The molecule has 0 saturated carbocycles. The Morgan fingerprint density at radius 1 is 0.333 bits per heavy atom. The van der Waals surface area contributed by atoms with Crippen molar-refractivity contribution in [3.05, 3.63) is 200 Å². The summed E-state index contributed by atoms with van der Waals surface area (Å²) in [6.45, 7) is -0.987. The third kappa shape index (κ3) is 4.15. The van der Waals surface area contributed by atoms with E-state index in [4.69, 9.17) is 5.48 Å². The van der Waals surface area contributed by atoms with Crippen molar-refractivity contribution in [1.82, 2.24) is 0 Å². The van der Waals surface area contributed by atoms with Crippen LogP contribution in [0.15, 0.2) is 200 Å². The first-order valence-corrected chi connectivity index (χ1v) is 19.2. The molecule has 0 atom stereocenters. The van der Waals surface area contributed by atoms with Crippen molar-refractivity contribution in [3.63, 3.8) is 0 Å². The number of para-hydroxylation sites is 2. The van der Waals surface area contributed by atoms with E-state index >= 15 is 0 Å². The fraction of sp³-hybridized carbons (Fsp3) is 0. The van der Waals surface area contributed by atoms with Crippen LogP contribution in [0.3, 0.4) is 0 Å². The smallest absolute Gasteiger partial charge is 0.252 e. The molecule has 2 aliphatic rings. The van der Waals surface area contributed by atoms with Crippen molar-refractivity contribution in [2.45, 2.75) is 0 Å². The Balaban J connectivity index is 1.19. The van der Waals surface area contributed by atoms with Crippen LogP contribution < -0.4 is 26.2 Å². The van der Waals surface area contributed by atoms with Crippen molar-refractivity contribution >= 4 is 122 Å². The van der Waals surface area contributed by atoms with Crippen LogP contribution in [0.2, 0.25) is 0 Å². The molecule has 0 saturated heterocycles. The first kappa shape index (κ1) is 24.2. The first-order chi connectivity index (χ1) is 31.7. The second-order valence-electron chi connectivity index (χ2n) is 15.0. The van der Waals surface area contributed by atoms with Gasteiger partial charge in [0, 0.05) is 33.8 Å². The standard InChI is InChI=1S/C54H33BN2/c1-2-17-37-35(15-1)36-16-4-6-21-41(36)45-33-34(31-32-42(37)45)56-48-26-11-9-24-46(48)55-47-25-10-12-27-49(47)57(52-30-14-29-51(56)54(52)55)50-28-13-23-44-40-19-5-3-18-38(40)39-20-7-8-22-43(39)53(44)50/h1-33H/i9D,10D,11D,12D,24D,25D,26D,27D. The molecule has 57 heavy (non-hydrogen) atoms. The van der Waals surface area contributed by atoms with Crippen LogP contribution in [0, 0.1) is 0 Å². The summed E-state index contributed by atoms with van der Waals surface area (Å²) in [6, 6.07) is 48.8. The van der Waals surface area contributed by atoms with Crippen molar-refractivity contribution in [1.29, 1.82) is 0 Å². The maximum atomic E-state index is 9.72. The molecule has 11 aromatic rings. The lowest BCUT2D eigenvalue weighted by atomic mass is 9.33. The van der Waals surface area contributed by atoms with Crippen molar-refractivity contribution in [2.24, 2.45) is 0 Å². The first-order valence-electron chi connectivity index (χ1n) is 23.2. The van der Waals surface area contributed by atoms with Crippen LogP contribution in [0.4, 0.5) is 34.1 Å². The molecule has 2 nitrogen and oxygen atoms in total. The second kappa shape index (κ2) is 11.6. The zero-order valence-corrected chi connectivity index (χ0v) is 30.4. The molecule has 0 unspecified atom stereocenters. The van der Waals surface area contributed by atoms with Crippen molar-refractivity contribution in [2.75, 3.05) is 9.80 Å². The van der Waals surface area contributed by atoms with E-state index in [9.17, 15) is 5.48 Å². The maximum Gasteiger partial charge on any atom is 0.252 e. The van der Waals surface area contributed by atoms with Gasteiger partial charge in [-0.25, -0.2) is 0 Å². The molecule has 2 heterocycles. The van der Waals surface area contributed by atoms with E-state index in [-0.39, 0.29) is 46.5 Å². The Kier molecular flexibility index (Phi) is 4.92. The van der Waals surface area contributed by atoms with Gasteiger partial charge in [0.25, 0.3) is 6.71 Å². The van der Waals surface area contributed by atoms with E-state index < -0.39 is 30.9 Å². The molecule has 0 amide bonds. The molecular formula is C54H33BN2. The van der Waals surface area contributed by atoms with Crippen molar-refractivity contribution in [3.8, 4) is 0 Å². The Labute approximate surface area is 341 Å². The maximum absolute atomic E-state index is 9.72. The van der Waals surface area contributed by atoms with E-state index in [0.29, 0.717) is 22.5 Å². The van der Waals surface area contributed by atoms with Gasteiger partial charge in [0.15, 0.2) is 0 Å². The lowest BCUT2D eigenvalue weighted by molar-refractivity contribution is 1.26. The molecule has 0 fully saturated rings. The van der Waals surface area contributed by atoms with Gasteiger partial charge in [0.05, 0.1) is 16.7 Å². The Morgan fingerprint density at radius 3 is 1.32 bits per heavy atom. The number of hydrogen-bond donors (Lipinski definition) is 0. The highest BCUT2D eigenvalue weighted by molar-refractivity contribution is 7.00. The van der Waals surface area contributed by atoms with Crippen LogP contribution in [-0.4, -0.2) is 6.71 Å². The molecule has 3 heteroatoms. The number of fused-ring (bicyclic) bond motifs is 16. The second-order valence-corrected chi connectivity index (χ2v) is 15.0. The molecule has 0 aliphatic carbocycles. The summed E-state index contributed by atoms with van der Waals surface area (Å²) in [6.07, 6.45) is 0. The lowest BCUT2D eigenvalue weighted by Crippen LogP contribution is -2.61. The van der Waals surface area contributed by atoms with Crippen LogP contribution in [0.5, 0.6) is 0 Å². The predicted molar refractivity (Wildman–Crippen MR) is 245 cm³/mol. The summed E-state index contributed by atoms with van der Waals surface area (Å²) in [4.78, 5) is 3.91. The highest BCUT2D eigenvalue weighted by Gasteiger charge is 2.43. The summed E-state index contributed by atoms with van der Waals surface area (Å²) in [5.74, 6) is 0. The minimum Gasteiger partial charge on any atom is -0.311 e. The summed E-state index contributed by atoms with van der Waals surface area (Å²) in [5.41, 5.74) is 4.36. The number of nitrogens with zero attached hydrogens (tertiary/aromatic N) is 2. The monoisotopic (exact) mass is 728 g/mol. The zero-order valence-electron chi connectivity index (χ0n) is 38.4. The number of benzene rings is 11. The van der Waals surface area contributed by atoms with Gasteiger partial charge in [-0.3, -0.25) is 0 Å². The highest BCUT2D eigenvalue weighted by atomic mass is 15.2. The third-order valence-corrected chi connectivity index (χ3v) is 12.2. The molecule has 0 bridgehead atoms. The summed E-state index contributed by atoms with van der Waals surface area (Å²) >= 11 is 0. The number of hydrogen-bond acceptors (Lipinski definition) is 2. The highest BCUT2D eigenvalue weighted by Crippen LogP contribution is 2.48. The Morgan fingerprint density at radius 2 is 0.737 bits per heavy atom. The molecule has 0 radical (unpaired) electrons. The van der Waals surface area contributed by atoms with Gasteiger partial charge in [-0.1, -0.05) is 158 Å². The van der Waals surface area contributed by atoms with Gasteiger partial charge in [-0.05, 0) is 118 Å². The SMILES string of the molecule is [2H]c1c([2H])c([2H])c2c(c1[2H])B1c3c(cccc3N(c3cccc4c5ccccc5c5ccccc5c34)c3c([2H])c([2H])c([2H])c([2H])c31)N2c1ccc2c3ccccc3c3ccccc3c2c1. The quantitative estimate of drug-likeness (QED) is 0.129. The minimum atomic E-state index is -0.987. The molecule has 11 aromatic carbocycles. The molecule has 13 rings (SSSR count). The molecule has 2 aliphatic heterocycles. The topological polar surface area (TPSA) is 6.48 Å². The van der Waals surface area contributed by atoms with Gasteiger partial charge < -0.3 is 9.80 Å². The van der Waals surface area contributed by atoms with Crippen LogP contribution in [0.1, 0.15) is 11.0 Å². The van der Waals surface area contributed by atoms with Crippen LogP contribution in [-0.2, 0) is 0 Å². The number of anilines is 6. The zero-order chi connectivity index (χ0) is 44.2. The summed E-state index contributed by atoms with van der Waals surface area (Å²) in [5, 5.41) is 12.5. The Bertz CT molecular complexity index is 3900. The van der Waals surface area contributed by atoms with E-state index in [0.717, 1.165) is 70.3 Å². The van der Waals surface area contributed by atoms with Gasteiger partial charge in [-0.15, -0.1) is 0 Å². The molecular weight excluding hydrogens is 687 g/mol. The van der Waals surface area contributed by atoms with E-state index in [1.165, 1.54) is 0 Å². The fourth-order valence-corrected chi connectivity index (χ4v) is 9.98. The largest absolute Gasteiger partial charge is 0.311 e. The molecule has 0 aromatic heterocycles. The van der Waals surface area contributed by atoms with E-state index in [1.807, 2.05) is 94.7 Å². The van der Waals surface area contributed by atoms with Crippen LogP contribution in [0.25, 0.3) is 64.6 Å². The fourth-order valence-electron chi connectivity index (χ4n) is 9.98. The van der Waals surface area contributed by atoms with E-state index in [2.05, 4.69) is 66.7 Å².